The van der Waals surface area contributed by atoms with E-state index in [0.29, 0.717) is 23.5 Å². The summed E-state index contributed by atoms with van der Waals surface area (Å²) in [5.41, 5.74) is 4.80. The standard InChI is InChI=1S/C26H28N4O2S2/c1-2-20(31)7-4-3-5-8-21(30-26(32)24-16-27-17-34-24)25-28-15-22(29-25)18-10-12-19(13-11-18)23-9-6-14-33-23/h6,9-17,21H,2-5,7-8H2,1H3,(H,28,29)(H,30,32)/t21-/m0/s1. The Bertz CT molecular complexity index is 1180. The van der Waals surface area contributed by atoms with Crippen LogP contribution in [-0.4, -0.2) is 26.6 Å². The number of unbranched alkanes of at least 4 members (excludes halogenated alkanes) is 2. The highest BCUT2D eigenvalue weighted by Crippen LogP contribution is 2.28. The Morgan fingerprint density at radius 2 is 1.85 bits per heavy atom. The first kappa shape index (κ1) is 24.0. The van der Waals surface area contributed by atoms with Crippen LogP contribution < -0.4 is 5.32 Å². The first-order valence-corrected chi connectivity index (χ1v) is 13.3. The summed E-state index contributed by atoms with van der Waals surface area (Å²) in [5, 5.41) is 5.19. The number of Topliss-reactive ketones (excluding diaryl/α,β-unsaturated/α-hetero) is 1. The molecule has 0 bridgehead atoms. The summed E-state index contributed by atoms with van der Waals surface area (Å²) in [7, 11) is 0. The van der Waals surface area contributed by atoms with E-state index in [4.69, 9.17) is 0 Å². The van der Waals surface area contributed by atoms with Gasteiger partial charge in [0.2, 0.25) is 0 Å². The predicted molar refractivity (Wildman–Crippen MR) is 138 cm³/mol. The Hall–Kier alpha value is -3.10. The van der Waals surface area contributed by atoms with Crippen molar-refractivity contribution in [3.05, 3.63) is 70.4 Å². The lowest BCUT2D eigenvalue weighted by molar-refractivity contribution is -0.118. The number of thiophene rings is 1. The van der Waals surface area contributed by atoms with Crippen molar-refractivity contribution in [3.63, 3.8) is 0 Å². The number of ketones is 1. The molecule has 0 aliphatic carbocycles. The molecule has 4 aromatic rings. The molecule has 3 heterocycles. The second-order valence-electron chi connectivity index (χ2n) is 8.12. The highest BCUT2D eigenvalue weighted by Gasteiger charge is 2.20. The van der Waals surface area contributed by atoms with Crippen LogP contribution >= 0.6 is 22.7 Å². The molecule has 3 aromatic heterocycles. The Kier molecular flexibility index (Phi) is 8.38. The molecule has 2 N–H and O–H groups in total. The molecule has 0 unspecified atom stereocenters. The number of hydrogen-bond acceptors (Lipinski definition) is 6. The van der Waals surface area contributed by atoms with E-state index in [0.717, 1.165) is 42.8 Å². The summed E-state index contributed by atoms with van der Waals surface area (Å²) in [6.45, 7) is 1.90. The third-order valence-electron chi connectivity index (χ3n) is 5.73. The van der Waals surface area contributed by atoms with E-state index in [1.54, 1.807) is 23.0 Å². The number of benzene rings is 1. The van der Waals surface area contributed by atoms with Crippen molar-refractivity contribution in [3.8, 4) is 21.7 Å². The van der Waals surface area contributed by atoms with Crippen LogP contribution in [0.5, 0.6) is 0 Å². The first-order chi connectivity index (χ1) is 16.6. The van der Waals surface area contributed by atoms with Crippen LogP contribution in [0, 0.1) is 0 Å². The molecule has 4 rings (SSSR count). The highest BCUT2D eigenvalue weighted by atomic mass is 32.1. The van der Waals surface area contributed by atoms with Crippen molar-refractivity contribution in [1.82, 2.24) is 20.3 Å². The third-order valence-corrected chi connectivity index (χ3v) is 7.42. The number of nitrogens with zero attached hydrogens (tertiary/aromatic N) is 2. The van der Waals surface area contributed by atoms with E-state index in [1.165, 1.54) is 21.8 Å². The maximum Gasteiger partial charge on any atom is 0.263 e. The van der Waals surface area contributed by atoms with E-state index < -0.39 is 0 Å². The Labute approximate surface area is 207 Å². The molecule has 0 aliphatic rings. The van der Waals surface area contributed by atoms with E-state index in [-0.39, 0.29) is 11.9 Å². The zero-order valence-corrected chi connectivity index (χ0v) is 20.8. The fourth-order valence-electron chi connectivity index (χ4n) is 3.78. The van der Waals surface area contributed by atoms with Crippen molar-refractivity contribution < 1.29 is 9.59 Å². The number of aromatic amines is 1. The Morgan fingerprint density at radius 3 is 2.56 bits per heavy atom. The molecule has 0 radical (unpaired) electrons. The average Bonchev–Trinajstić information content (AvgIpc) is 3.65. The SMILES string of the molecule is CCC(=O)CCCCC[C@H](NC(=O)c1cncs1)c1ncc(-c2ccc(-c3cccs3)cc2)[nH]1. The minimum absolute atomic E-state index is 0.146. The number of nitrogens with one attached hydrogen (secondary N) is 2. The van der Waals surface area contributed by atoms with Crippen LogP contribution in [-0.2, 0) is 4.79 Å². The average molecular weight is 493 g/mol. The van der Waals surface area contributed by atoms with Gasteiger partial charge in [0.25, 0.3) is 5.91 Å². The van der Waals surface area contributed by atoms with Crippen LogP contribution in [0.1, 0.15) is 67.0 Å². The molecule has 0 saturated carbocycles. The minimum Gasteiger partial charge on any atom is -0.341 e. The quantitative estimate of drug-likeness (QED) is 0.216. The van der Waals surface area contributed by atoms with Crippen molar-refractivity contribution in [2.45, 2.75) is 51.5 Å². The van der Waals surface area contributed by atoms with Crippen LogP contribution in [0.2, 0.25) is 0 Å². The maximum absolute atomic E-state index is 12.7. The van der Waals surface area contributed by atoms with E-state index >= 15 is 0 Å². The van der Waals surface area contributed by atoms with Gasteiger partial charge in [-0.05, 0) is 35.4 Å². The lowest BCUT2D eigenvalue weighted by atomic mass is 10.0. The van der Waals surface area contributed by atoms with Crippen molar-refractivity contribution in [1.29, 1.82) is 0 Å². The largest absolute Gasteiger partial charge is 0.341 e. The molecule has 8 heteroatoms. The van der Waals surface area contributed by atoms with Gasteiger partial charge >= 0.3 is 0 Å². The number of hydrogen-bond donors (Lipinski definition) is 2. The number of aromatic nitrogens is 3. The molecule has 34 heavy (non-hydrogen) atoms. The van der Waals surface area contributed by atoms with Gasteiger partial charge in [-0.2, -0.15) is 0 Å². The van der Waals surface area contributed by atoms with Crippen LogP contribution in [0.4, 0.5) is 0 Å². The lowest BCUT2D eigenvalue weighted by Crippen LogP contribution is -2.28. The smallest absolute Gasteiger partial charge is 0.263 e. The zero-order chi connectivity index (χ0) is 23.8. The van der Waals surface area contributed by atoms with Crippen molar-refractivity contribution >= 4 is 34.4 Å². The Morgan fingerprint density at radius 1 is 1.03 bits per heavy atom. The monoisotopic (exact) mass is 492 g/mol. The van der Waals surface area contributed by atoms with Gasteiger partial charge in [-0.1, -0.05) is 50.1 Å². The summed E-state index contributed by atoms with van der Waals surface area (Å²) >= 11 is 3.04. The summed E-state index contributed by atoms with van der Waals surface area (Å²) in [6, 6.07) is 12.3. The van der Waals surface area contributed by atoms with Crippen LogP contribution in [0.25, 0.3) is 21.7 Å². The molecule has 1 amide bonds. The van der Waals surface area contributed by atoms with Crippen LogP contribution in [0.3, 0.4) is 0 Å². The van der Waals surface area contributed by atoms with Gasteiger partial charge in [-0.15, -0.1) is 22.7 Å². The Balaban J connectivity index is 1.44. The van der Waals surface area contributed by atoms with E-state index in [9.17, 15) is 9.59 Å². The van der Waals surface area contributed by atoms with Gasteiger partial charge in [0, 0.05) is 17.7 Å². The minimum atomic E-state index is -0.240. The normalized spacial score (nSPS) is 11.9. The molecule has 176 valence electrons. The summed E-state index contributed by atoms with van der Waals surface area (Å²) in [6.07, 6.45) is 8.08. The van der Waals surface area contributed by atoms with Gasteiger partial charge in [-0.3, -0.25) is 14.6 Å². The molecular weight excluding hydrogens is 464 g/mol. The summed E-state index contributed by atoms with van der Waals surface area (Å²) in [5.74, 6) is 0.891. The van der Waals surface area contributed by atoms with Crippen molar-refractivity contribution in [2.24, 2.45) is 0 Å². The molecule has 0 fully saturated rings. The molecule has 0 saturated heterocycles. The predicted octanol–water partition coefficient (Wildman–Crippen LogP) is 6.66. The van der Waals surface area contributed by atoms with Gasteiger partial charge in [0.1, 0.15) is 16.5 Å². The summed E-state index contributed by atoms with van der Waals surface area (Å²) in [4.78, 5) is 38.1. The van der Waals surface area contributed by atoms with Gasteiger partial charge in [-0.25, -0.2) is 4.98 Å². The molecule has 0 spiro atoms. The molecule has 0 aliphatic heterocycles. The number of thiazole rings is 1. The lowest BCUT2D eigenvalue weighted by Gasteiger charge is -2.16. The number of rotatable bonds is 12. The molecular formula is C26H28N4O2S2. The number of amides is 1. The molecule has 6 nitrogen and oxygen atoms in total. The fraction of sp³-hybridized carbons (Fsp3) is 0.308. The van der Waals surface area contributed by atoms with E-state index in [2.05, 4.69) is 62.0 Å². The fourth-order valence-corrected chi connectivity index (χ4v) is 5.03. The second-order valence-corrected chi connectivity index (χ2v) is 9.95. The molecule has 1 aromatic carbocycles. The topological polar surface area (TPSA) is 87.7 Å². The highest BCUT2D eigenvalue weighted by molar-refractivity contribution is 7.13. The summed E-state index contributed by atoms with van der Waals surface area (Å²) < 4.78 is 0. The second kappa shape index (κ2) is 11.9. The number of carbonyl (C=O) groups excluding carboxylic acids is 2. The first-order valence-electron chi connectivity index (χ1n) is 11.5. The maximum atomic E-state index is 12.7. The zero-order valence-electron chi connectivity index (χ0n) is 19.1. The van der Waals surface area contributed by atoms with Gasteiger partial charge in [0.05, 0.1) is 29.6 Å². The third kappa shape index (κ3) is 6.27. The number of H-pyrrole nitrogens is 1. The van der Waals surface area contributed by atoms with E-state index in [1.807, 2.05) is 13.1 Å². The van der Waals surface area contributed by atoms with Crippen molar-refractivity contribution in [2.75, 3.05) is 0 Å². The van der Waals surface area contributed by atoms with Gasteiger partial charge in [0.15, 0.2) is 0 Å². The van der Waals surface area contributed by atoms with Gasteiger partial charge < -0.3 is 10.3 Å². The number of imidazole rings is 1. The number of carbonyl (C=O) groups is 2. The molecule has 1 atom stereocenters. The van der Waals surface area contributed by atoms with Crippen LogP contribution in [0.15, 0.2) is 59.7 Å².